The fraction of sp³-hybridized carbons (Fsp3) is 0.0682. The smallest absolute Gasteiger partial charge is 0.355 e. The summed E-state index contributed by atoms with van der Waals surface area (Å²) in [6.07, 6.45) is 1.55. The molecule has 0 amide bonds. The minimum absolute atomic E-state index is 0. The van der Waals surface area contributed by atoms with Gasteiger partial charge in [-0.25, -0.2) is 4.98 Å². The van der Waals surface area contributed by atoms with Crippen LogP contribution in [0.15, 0.2) is 158 Å². The molecule has 8 aromatic rings. The number of rotatable bonds is 6. The van der Waals surface area contributed by atoms with Crippen molar-refractivity contribution in [2.24, 2.45) is 0 Å². The van der Waals surface area contributed by atoms with E-state index in [0.29, 0.717) is 11.5 Å². The Bertz CT molecular complexity index is 2660. The van der Waals surface area contributed by atoms with Gasteiger partial charge in [0.15, 0.2) is 0 Å². The van der Waals surface area contributed by atoms with Gasteiger partial charge in [-0.15, -0.1) is 11.5 Å². The van der Waals surface area contributed by atoms with E-state index < -0.39 is 21.9 Å². The van der Waals surface area contributed by atoms with Crippen molar-refractivity contribution < 1.29 is 29.3 Å². The molecule has 0 atom stereocenters. The van der Waals surface area contributed by atoms with E-state index in [1.165, 1.54) is 4.90 Å². The summed E-state index contributed by atoms with van der Waals surface area (Å²) in [4.78, 5) is 8.19. The Labute approximate surface area is 317 Å². The van der Waals surface area contributed by atoms with E-state index in [1.54, 1.807) is 18.3 Å². The number of hydrogen-bond donors (Lipinski definition) is 0. The monoisotopic (exact) mass is 847 g/mol. The molecule has 0 N–H and O–H groups in total. The number of aryl methyl sites for hydroxylation is 1. The minimum Gasteiger partial charge on any atom is -0.355 e. The molecule has 6 aromatic carbocycles. The van der Waals surface area contributed by atoms with Crippen LogP contribution in [0.3, 0.4) is 0 Å². The van der Waals surface area contributed by atoms with Gasteiger partial charge in [-0.05, 0) is 58.5 Å². The zero-order chi connectivity index (χ0) is 38.0. The first kappa shape index (κ1) is 25.7. The molecule has 244 valence electrons. The number of aromatic nitrogens is 2. The van der Waals surface area contributed by atoms with Crippen molar-refractivity contribution in [1.82, 2.24) is 9.55 Å². The van der Waals surface area contributed by atoms with Crippen LogP contribution in [-0.2, 0) is 21.1 Å². The Morgan fingerprint density at radius 3 is 2.12 bits per heavy atom. The molecule has 9 rings (SSSR count). The summed E-state index contributed by atoms with van der Waals surface area (Å²) in [5.74, 6) is 0.500. The molecular weight excluding hydrogens is 808 g/mol. The molecule has 0 saturated carbocycles. The number of pyridine rings is 1. The molecule has 1 aliphatic heterocycles. The van der Waals surface area contributed by atoms with Crippen LogP contribution < -0.4 is 30.5 Å². The van der Waals surface area contributed by atoms with Crippen LogP contribution in [0, 0.1) is 19.0 Å². The number of hydrogen-bond acceptors (Lipinski definition) is 3. The summed E-state index contributed by atoms with van der Waals surface area (Å²) >= 11 is 0. The maximum absolute atomic E-state index is 8.31. The van der Waals surface area contributed by atoms with Gasteiger partial charge in [-0.1, -0.05) is 102 Å². The maximum Gasteiger partial charge on any atom is 2.00 e. The molecule has 6 heteroatoms. The van der Waals surface area contributed by atoms with Crippen LogP contribution in [0.2, 0.25) is 0 Å². The largest absolute Gasteiger partial charge is 2.00 e. The normalized spacial score (nSPS) is 15.0. The SMILES string of the molecule is [2H]C([2H])([2H])c1ccnc(-n2c3[c-]c([Si](c4[c-]c(N5CN(C([2H])([2H])[2H])c6ccccc65)ccc4)(c4ccccc4)c4ccccc4)ccc3c3ccccc32)c1.[Pt+2]. The number of nitrogens with zero attached hydrogens (tertiary/aromatic N) is 4. The van der Waals surface area contributed by atoms with Crippen LogP contribution in [-0.4, -0.2) is 31.3 Å². The number of fused-ring (bicyclic) bond motifs is 4. The Kier molecular flexibility index (Phi) is 6.64. The summed E-state index contributed by atoms with van der Waals surface area (Å²) in [5.41, 5.74) is 4.12. The second-order valence-electron chi connectivity index (χ2n) is 12.3. The molecule has 0 radical (unpaired) electrons. The Balaban J connectivity index is 0.00000441. The standard InChI is InChI=1S/C44H34N4Si.Pt/c1-32-26-27-45-44(28-32)48-40-21-10-9-20-38(40)39-25-24-37(30-43(39)48)49(34-15-5-3-6-16-34,35-17-7-4-8-18-35)36-19-13-14-33(29-36)47-31-46(2)41-22-11-12-23-42(41)47;/h3-28H,31H2,1-2H3;/q-2;+2/i1D3,2D3;. The summed E-state index contributed by atoms with van der Waals surface area (Å²) in [6.45, 7) is -4.47. The third kappa shape index (κ3) is 5.03. The molecule has 0 unspecified atom stereocenters. The van der Waals surface area contributed by atoms with Crippen LogP contribution in [0.25, 0.3) is 27.6 Å². The first-order valence-corrected chi connectivity index (χ1v) is 18.3. The molecule has 0 fully saturated rings. The third-order valence-corrected chi connectivity index (χ3v) is 14.2. The summed E-state index contributed by atoms with van der Waals surface area (Å²) < 4.78 is 51.4. The van der Waals surface area contributed by atoms with Gasteiger partial charge in [-0.3, -0.25) is 0 Å². The van der Waals surface area contributed by atoms with E-state index >= 15 is 0 Å². The first-order chi connectivity index (χ1) is 26.5. The predicted octanol–water partition coefficient (Wildman–Crippen LogP) is 7.01. The zero-order valence-electron chi connectivity index (χ0n) is 32.8. The molecule has 4 nitrogen and oxygen atoms in total. The predicted molar refractivity (Wildman–Crippen MR) is 206 cm³/mol. The van der Waals surface area contributed by atoms with Crippen molar-refractivity contribution in [3.05, 3.63) is 176 Å². The molecule has 0 bridgehead atoms. The molecule has 50 heavy (non-hydrogen) atoms. The Hall–Kier alpha value is -5.22. The van der Waals surface area contributed by atoms with Gasteiger partial charge < -0.3 is 14.4 Å². The van der Waals surface area contributed by atoms with Gasteiger partial charge in [0.05, 0.1) is 18.0 Å². The van der Waals surface area contributed by atoms with E-state index in [0.717, 1.165) is 53.9 Å². The molecule has 3 heterocycles. The molecule has 0 spiro atoms. The van der Waals surface area contributed by atoms with Crippen molar-refractivity contribution >= 4 is 67.7 Å². The molecule has 0 saturated heterocycles. The fourth-order valence-electron chi connectivity index (χ4n) is 7.45. The quantitative estimate of drug-likeness (QED) is 0.102. The Morgan fingerprint density at radius 1 is 0.660 bits per heavy atom. The molecule has 2 aromatic heterocycles. The van der Waals surface area contributed by atoms with Gasteiger partial charge in [-0.2, -0.15) is 46.8 Å². The van der Waals surface area contributed by atoms with Crippen LogP contribution in [0.4, 0.5) is 17.1 Å². The van der Waals surface area contributed by atoms with Crippen molar-refractivity contribution in [3.8, 4) is 5.82 Å². The van der Waals surface area contributed by atoms with Crippen molar-refractivity contribution in [1.29, 1.82) is 0 Å². The second-order valence-corrected chi connectivity index (χ2v) is 16.0. The summed E-state index contributed by atoms with van der Waals surface area (Å²) in [5, 5.41) is 6.19. The van der Waals surface area contributed by atoms with Crippen molar-refractivity contribution in [3.63, 3.8) is 0 Å². The van der Waals surface area contributed by atoms with E-state index in [4.69, 9.17) is 13.2 Å². The molecule has 0 aliphatic carbocycles. The number of para-hydroxylation sites is 3. The zero-order valence-corrected chi connectivity index (χ0v) is 30.1. The second kappa shape index (κ2) is 12.9. The average molecular weight is 848 g/mol. The van der Waals surface area contributed by atoms with Crippen molar-refractivity contribution in [2.75, 3.05) is 23.4 Å². The van der Waals surface area contributed by atoms with Crippen molar-refractivity contribution in [2.45, 2.75) is 6.85 Å². The van der Waals surface area contributed by atoms with Gasteiger partial charge in [0, 0.05) is 26.9 Å². The number of benzene rings is 6. The average Bonchev–Trinajstić information content (AvgIpc) is 3.76. The van der Waals surface area contributed by atoms with E-state index in [1.807, 2.05) is 76.2 Å². The van der Waals surface area contributed by atoms with E-state index in [2.05, 4.69) is 84.9 Å². The van der Waals surface area contributed by atoms with Crippen LogP contribution >= 0.6 is 0 Å². The first-order valence-electron chi connectivity index (χ1n) is 19.3. The van der Waals surface area contributed by atoms with Crippen LogP contribution in [0.5, 0.6) is 0 Å². The van der Waals surface area contributed by atoms with Gasteiger partial charge in [0.2, 0.25) is 0 Å². The molecular formula is C44H34N4PtSi. The maximum atomic E-state index is 8.31. The van der Waals surface area contributed by atoms with Crippen LogP contribution in [0.1, 0.15) is 13.8 Å². The van der Waals surface area contributed by atoms with E-state index in [9.17, 15) is 0 Å². The topological polar surface area (TPSA) is 24.3 Å². The fourth-order valence-corrected chi connectivity index (χ4v) is 12.0. The summed E-state index contributed by atoms with van der Waals surface area (Å²) in [7, 11) is -3.24. The Morgan fingerprint density at radius 2 is 1.36 bits per heavy atom. The third-order valence-electron chi connectivity index (χ3n) is 9.60. The summed E-state index contributed by atoms with van der Waals surface area (Å²) in [6, 6.07) is 58.2. The minimum atomic E-state index is -3.24. The van der Waals surface area contributed by atoms with Gasteiger partial charge in [0.25, 0.3) is 0 Å². The van der Waals surface area contributed by atoms with E-state index in [-0.39, 0.29) is 33.3 Å². The van der Waals surface area contributed by atoms with Gasteiger partial charge >= 0.3 is 21.1 Å². The van der Waals surface area contributed by atoms with Gasteiger partial charge in [0.1, 0.15) is 13.9 Å². The number of anilines is 3. The molecule has 1 aliphatic rings.